The zero-order chi connectivity index (χ0) is 21.7. The van der Waals surface area contributed by atoms with E-state index in [1.165, 1.54) is 4.57 Å². The topological polar surface area (TPSA) is 95.3 Å². The van der Waals surface area contributed by atoms with Crippen molar-refractivity contribution < 1.29 is 10.0 Å². The van der Waals surface area contributed by atoms with Crippen LogP contribution in [-0.2, 0) is 12.8 Å². The lowest BCUT2D eigenvalue weighted by molar-refractivity contribution is -0.908. The highest BCUT2D eigenvalue weighted by Crippen LogP contribution is 2.33. The largest absolute Gasteiger partial charge is 0.494 e. The zero-order valence-electron chi connectivity index (χ0n) is 17.5. The first-order chi connectivity index (χ1) is 15.0. The number of quaternary nitrogens is 1. The van der Waals surface area contributed by atoms with Crippen LogP contribution in [0.1, 0.15) is 35.3 Å². The molecule has 0 amide bonds. The Bertz CT molecular complexity index is 1400. The molecule has 1 aliphatic heterocycles. The Labute approximate surface area is 178 Å². The molecule has 0 saturated heterocycles. The number of aryl methyl sites for hydroxylation is 1. The van der Waals surface area contributed by atoms with Gasteiger partial charge in [-0.15, -0.1) is 0 Å². The lowest BCUT2D eigenvalue weighted by Crippen LogP contribution is -3.10. The van der Waals surface area contributed by atoms with Gasteiger partial charge < -0.3 is 15.0 Å². The number of aromatic amines is 2. The first kappa shape index (κ1) is 19.4. The van der Waals surface area contributed by atoms with Gasteiger partial charge in [0.05, 0.1) is 25.0 Å². The molecule has 7 nitrogen and oxygen atoms in total. The number of likely N-dealkylation sites (N-methyl/N-ethyl adjacent to an activating group) is 1. The Morgan fingerprint density at radius 2 is 1.84 bits per heavy atom. The summed E-state index contributed by atoms with van der Waals surface area (Å²) in [6, 6.07) is 15.0. The smallest absolute Gasteiger partial charge is 0.335 e. The van der Waals surface area contributed by atoms with Gasteiger partial charge in [0.25, 0.3) is 5.56 Å². The summed E-state index contributed by atoms with van der Waals surface area (Å²) in [7, 11) is 2.00. The molecule has 0 fully saturated rings. The summed E-state index contributed by atoms with van der Waals surface area (Å²) in [5, 5.41) is 12.4. The van der Waals surface area contributed by atoms with E-state index in [-0.39, 0.29) is 11.4 Å². The van der Waals surface area contributed by atoms with Gasteiger partial charge in [0.1, 0.15) is 5.56 Å². The van der Waals surface area contributed by atoms with Crippen molar-refractivity contribution in [2.45, 2.75) is 25.8 Å². The van der Waals surface area contributed by atoms with Gasteiger partial charge in [-0.05, 0) is 35.7 Å². The number of benzene rings is 2. The van der Waals surface area contributed by atoms with E-state index in [9.17, 15) is 14.7 Å². The molecule has 158 valence electrons. The molecule has 1 aliphatic rings. The van der Waals surface area contributed by atoms with Crippen molar-refractivity contribution in [1.82, 2.24) is 14.5 Å². The van der Waals surface area contributed by atoms with Crippen molar-refractivity contribution in [3.8, 4) is 11.6 Å². The summed E-state index contributed by atoms with van der Waals surface area (Å²) in [5.74, 6) is -0.311. The summed E-state index contributed by atoms with van der Waals surface area (Å²) >= 11 is 0. The van der Waals surface area contributed by atoms with Gasteiger partial charge in [-0.2, -0.15) is 0 Å². The van der Waals surface area contributed by atoms with E-state index in [2.05, 4.69) is 23.0 Å². The number of para-hydroxylation sites is 1. The minimum atomic E-state index is -0.652. The second-order valence-corrected chi connectivity index (χ2v) is 8.19. The van der Waals surface area contributed by atoms with Crippen LogP contribution in [0.2, 0.25) is 0 Å². The van der Waals surface area contributed by atoms with E-state index in [0.29, 0.717) is 5.69 Å². The fourth-order valence-electron chi connectivity index (χ4n) is 4.76. The second kappa shape index (κ2) is 7.28. The molecular formula is C24H25N4O3+. The first-order valence-corrected chi connectivity index (χ1v) is 10.6. The number of nitrogens with one attached hydrogen (secondary N) is 3. The predicted molar refractivity (Wildman–Crippen MR) is 119 cm³/mol. The lowest BCUT2D eigenvalue weighted by Gasteiger charge is -2.30. The van der Waals surface area contributed by atoms with Gasteiger partial charge in [-0.1, -0.05) is 37.3 Å². The quantitative estimate of drug-likeness (QED) is 0.406. The number of nitrogens with zero attached hydrogens (tertiary/aromatic N) is 1. The number of aromatic hydroxyl groups is 1. The Balaban J connectivity index is 1.74. The Hall–Kier alpha value is -3.58. The molecule has 0 bridgehead atoms. The summed E-state index contributed by atoms with van der Waals surface area (Å²) in [6.07, 6.45) is 1.75. The zero-order valence-corrected chi connectivity index (χ0v) is 17.5. The summed E-state index contributed by atoms with van der Waals surface area (Å²) in [6.45, 7) is 2.86. The lowest BCUT2D eigenvalue weighted by atomic mass is 9.93. The summed E-state index contributed by atoms with van der Waals surface area (Å²) in [4.78, 5) is 32.6. The fourth-order valence-corrected chi connectivity index (χ4v) is 4.76. The second-order valence-electron chi connectivity index (χ2n) is 8.19. The molecule has 2 aromatic carbocycles. The van der Waals surface area contributed by atoms with Crippen LogP contribution in [-0.4, -0.2) is 33.2 Å². The first-order valence-electron chi connectivity index (χ1n) is 10.6. The van der Waals surface area contributed by atoms with Crippen molar-refractivity contribution >= 4 is 10.9 Å². The van der Waals surface area contributed by atoms with Crippen LogP contribution >= 0.6 is 0 Å². The van der Waals surface area contributed by atoms with E-state index < -0.39 is 17.3 Å². The van der Waals surface area contributed by atoms with Gasteiger partial charge >= 0.3 is 5.69 Å². The van der Waals surface area contributed by atoms with Crippen LogP contribution in [0.4, 0.5) is 0 Å². The third kappa shape index (κ3) is 3.00. The average molecular weight is 417 g/mol. The normalized spacial score (nSPS) is 18.3. The molecule has 5 rings (SSSR count). The van der Waals surface area contributed by atoms with Crippen LogP contribution in [0.25, 0.3) is 16.6 Å². The Kier molecular flexibility index (Phi) is 4.55. The molecule has 0 aliphatic carbocycles. The number of hydrogen-bond donors (Lipinski definition) is 4. The monoisotopic (exact) mass is 417 g/mol. The van der Waals surface area contributed by atoms with Gasteiger partial charge in [0.15, 0.2) is 6.04 Å². The highest BCUT2D eigenvalue weighted by molar-refractivity contribution is 5.85. The molecule has 31 heavy (non-hydrogen) atoms. The van der Waals surface area contributed by atoms with Crippen LogP contribution in [0.3, 0.4) is 0 Å². The minimum Gasteiger partial charge on any atom is -0.494 e. The molecule has 2 atom stereocenters. The van der Waals surface area contributed by atoms with Gasteiger partial charge in [-0.3, -0.25) is 9.78 Å². The maximum absolute atomic E-state index is 13.0. The predicted octanol–water partition coefficient (Wildman–Crippen LogP) is 1.44. The molecule has 4 aromatic rings. The highest BCUT2D eigenvalue weighted by atomic mass is 16.3. The minimum absolute atomic E-state index is 0.198. The van der Waals surface area contributed by atoms with E-state index in [0.717, 1.165) is 52.0 Å². The third-order valence-corrected chi connectivity index (χ3v) is 6.41. The molecular weight excluding hydrogens is 392 g/mol. The highest BCUT2D eigenvalue weighted by Gasteiger charge is 2.37. The molecule has 7 heteroatoms. The van der Waals surface area contributed by atoms with Crippen LogP contribution in [0.15, 0.2) is 58.1 Å². The molecule has 0 spiro atoms. The number of fused-ring (bicyclic) bond motifs is 3. The van der Waals surface area contributed by atoms with E-state index in [4.69, 9.17) is 0 Å². The molecule has 0 radical (unpaired) electrons. The number of hydrogen-bond acceptors (Lipinski definition) is 3. The van der Waals surface area contributed by atoms with Crippen LogP contribution in [0.5, 0.6) is 5.88 Å². The maximum Gasteiger partial charge on any atom is 0.335 e. The Morgan fingerprint density at radius 1 is 1.10 bits per heavy atom. The van der Waals surface area contributed by atoms with E-state index in [1.807, 2.05) is 37.4 Å². The standard InChI is InChI=1S/C24H24N4O3/c1-3-14-8-10-15(11-9-14)28-23(30)19(22(29)26-24(28)31)21-20-17(12-13-27(21)2)16-6-4-5-7-18(16)25-20/h4-11,21,25,30H,3,12-13H2,1-2H3,(H,26,29,31)/p+1/t21-/m0/s1. The van der Waals surface area contributed by atoms with Gasteiger partial charge in [0, 0.05) is 17.3 Å². The van der Waals surface area contributed by atoms with E-state index >= 15 is 0 Å². The van der Waals surface area contributed by atoms with Crippen LogP contribution < -0.4 is 16.1 Å². The molecule has 4 N–H and O–H groups in total. The van der Waals surface area contributed by atoms with Crippen molar-refractivity contribution in [3.05, 3.63) is 91.8 Å². The number of aromatic nitrogens is 3. The average Bonchev–Trinajstić information content (AvgIpc) is 3.14. The fraction of sp³-hybridized carbons (Fsp3) is 0.250. The van der Waals surface area contributed by atoms with Gasteiger partial charge in [-0.25, -0.2) is 9.36 Å². The maximum atomic E-state index is 13.0. The summed E-state index contributed by atoms with van der Waals surface area (Å²) < 4.78 is 1.18. The van der Waals surface area contributed by atoms with Crippen molar-refractivity contribution in [3.63, 3.8) is 0 Å². The van der Waals surface area contributed by atoms with Crippen LogP contribution in [0, 0.1) is 0 Å². The molecule has 2 aromatic heterocycles. The van der Waals surface area contributed by atoms with Crippen molar-refractivity contribution in [1.29, 1.82) is 0 Å². The van der Waals surface area contributed by atoms with E-state index in [1.54, 1.807) is 12.1 Å². The molecule has 0 saturated carbocycles. The number of rotatable bonds is 3. The summed E-state index contributed by atoms with van der Waals surface area (Å²) in [5.41, 5.74) is 3.71. The number of H-pyrrole nitrogens is 2. The van der Waals surface area contributed by atoms with Crippen molar-refractivity contribution in [2.75, 3.05) is 13.6 Å². The third-order valence-electron chi connectivity index (χ3n) is 6.41. The SMILES string of the molecule is CCc1ccc(-n2c(O)c([C@H]3c4[nH]c5ccccc5c4CC[NH+]3C)c(=O)[nH]c2=O)cc1. The molecule has 3 heterocycles. The van der Waals surface area contributed by atoms with Gasteiger partial charge in [0.2, 0.25) is 5.88 Å². The molecule has 1 unspecified atom stereocenters. The van der Waals surface area contributed by atoms with Crippen molar-refractivity contribution in [2.24, 2.45) is 0 Å². The Morgan fingerprint density at radius 3 is 2.58 bits per heavy atom.